The summed E-state index contributed by atoms with van der Waals surface area (Å²) < 4.78 is 6.21. The molecule has 2 aromatic carbocycles. The maximum absolute atomic E-state index is 5.85. The fourth-order valence-corrected chi connectivity index (χ4v) is 3.44. The average molecular weight is 364 g/mol. The molecule has 108 valence electrons. The van der Waals surface area contributed by atoms with Gasteiger partial charge in [0.05, 0.1) is 18.1 Å². The molecule has 0 bridgehead atoms. The van der Waals surface area contributed by atoms with Crippen LogP contribution in [0.5, 0.6) is 5.75 Å². The van der Waals surface area contributed by atoms with Crippen LogP contribution < -0.4 is 10.5 Å². The van der Waals surface area contributed by atoms with Crippen LogP contribution in [0, 0.1) is 0 Å². The highest BCUT2D eigenvalue weighted by Crippen LogP contribution is 2.27. The van der Waals surface area contributed by atoms with Gasteiger partial charge in [-0.25, -0.2) is 4.98 Å². The predicted octanol–water partition coefficient (Wildman–Crippen LogP) is 4.21. The summed E-state index contributed by atoms with van der Waals surface area (Å²) in [6.45, 7) is 0. The fourth-order valence-electron chi connectivity index (χ4n) is 2.07. The van der Waals surface area contributed by atoms with E-state index in [0.717, 1.165) is 43.4 Å². The molecular weight excluding hydrogens is 350 g/mol. The second-order valence-corrected chi connectivity index (χ2v) is 6.49. The molecule has 6 heteroatoms. The van der Waals surface area contributed by atoms with E-state index < -0.39 is 0 Å². The highest BCUT2D eigenvalue weighted by Gasteiger charge is 2.06. The summed E-state index contributed by atoms with van der Waals surface area (Å²) in [5.74, 6) is 1.63. The molecule has 4 nitrogen and oxygen atoms in total. The summed E-state index contributed by atoms with van der Waals surface area (Å²) in [5, 5.41) is 0.886. The predicted molar refractivity (Wildman–Crippen MR) is 90.8 cm³/mol. The van der Waals surface area contributed by atoms with Gasteiger partial charge in [0.2, 0.25) is 0 Å². The molecule has 3 aromatic rings. The van der Waals surface area contributed by atoms with E-state index in [-0.39, 0.29) is 0 Å². The zero-order valence-corrected chi connectivity index (χ0v) is 13.8. The third-order valence-electron chi connectivity index (χ3n) is 3.02. The highest BCUT2D eigenvalue weighted by molar-refractivity contribution is 9.10. The van der Waals surface area contributed by atoms with Gasteiger partial charge in [0.25, 0.3) is 0 Å². The third-order valence-corrected chi connectivity index (χ3v) is 4.43. The molecule has 1 aromatic heterocycles. The number of benzene rings is 2. The van der Waals surface area contributed by atoms with Crippen molar-refractivity contribution < 1.29 is 4.74 Å². The Bertz CT molecular complexity index is 767. The summed E-state index contributed by atoms with van der Waals surface area (Å²) >= 11 is 5.10. The SMILES string of the molecule is COc1ccc2nc(SCc3cc(N)cc(Br)c3)[nH]c2c1. The molecule has 0 aliphatic carbocycles. The number of halogens is 1. The van der Waals surface area contributed by atoms with Crippen LogP contribution >= 0.6 is 27.7 Å². The van der Waals surface area contributed by atoms with Crippen LogP contribution in [0.1, 0.15) is 5.56 Å². The minimum absolute atomic E-state index is 0.759. The molecule has 0 atom stereocenters. The number of ether oxygens (including phenoxy) is 1. The summed E-state index contributed by atoms with van der Waals surface area (Å²) in [7, 11) is 1.66. The first-order valence-corrected chi connectivity index (χ1v) is 8.13. The van der Waals surface area contributed by atoms with Crippen molar-refractivity contribution in [3.05, 3.63) is 46.4 Å². The molecule has 0 saturated heterocycles. The summed E-state index contributed by atoms with van der Waals surface area (Å²) in [6, 6.07) is 11.7. The van der Waals surface area contributed by atoms with Crippen molar-refractivity contribution in [2.75, 3.05) is 12.8 Å². The van der Waals surface area contributed by atoms with Crippen molar-refractivity contribution in [1.29, 1.82) is 0 Å². The number of nitrogens with zero attached hydrogens (tertiary/aromatic N) is 1. The number of H-pyrrole nitrogens is 1. The maximum Gasteiger partial charge on any atom is 0.166 e. The molecule has 3 rings (SSSR count). The van der Waals surface area contributed by atoms with Gasteiger partial charge in [-0.05, 0) is 35.9 Å². The Kier molecular flexibility index (Phi) is 4.07. The Morgan fingerprint density at radius 3 is 2.90 bits per heavy atom. The number of nitrogens with two attached hydrogens (primary N) is 1. The lowest BCUT2D eigenvalue weighted by Gasteiger charge is -2.02. The molecule has 0 saturated carbocycles. The number of nitrogens with one attached hydrogen (secondary N) is 1. The van der Waals surface area contributed by atoms with Gasteiger partial charge in [0.1, 0.15) is 5.75 Å². The van der Waals surface area contributed by atoms with Gasteiger partial charge in [0, 0.05) is 22.0 Å². The number of anilines is 1. The second-order valence-electron chi connectivity index (χ2n) is 4.61. The van der Waals surface area contributed by atoms with Gasteiger partial charge in [-0.15, -0.1) is 0 Å². The summed E-state index contributed by atoms with van der Waals surface area (Å²) in [6.07, 6.45) is 0. The lowest BCUT2D eigenvalue weighted by atomic mass is 10.2. The molecule has 0 spiro atoms. The summed E-state index contributed by atoms with van der Waals surface area (Å²) in [4.78, 5) is 7.86. The molecule has 3 N–H and O–H groups in total. The van der Waals surface area contributed by atoms with Crippen LogP contribution in [0.2, 0.25) is 0 Å². The first kappa shape index (κ1) is 14.3. The second kappa shape index (κ2) is 5.99. The van der Waals surface area contributed by atoms with Crippen molar-refractivity contribution in [3.8, 4) is 5.75 Å². The van der Waals surface area contributed by atoms with Gasteiger partial charge in [-0.1, -0.05) is 27.7 Å². The summed E-state index contributed by atoms with van der Waals surface area (Å²) in [5.41, 5.74) is 9.68. The lowest BCUT2D eigenvalue weighted by molar-refractivity contribution is 0.415. The molecule has 0 aliphatic heterocycles. The smallest absolute Gasteiger partial charge is 0.166 e. The van der Waals surface area contributed by atoms with Crippen LogP contribution in [-0.2, 0) is 5.75 Å². The van der Waals surface area contributed by atoms with E-state index in [1.54, 1.807) is 18.9 Å². The van der Waals surface area contributed by atoms with E-state index in [4.69, 9.17) is 10.5 Å². The van der Waals surface area contributed by atoms with Gasteiger partial charge in [-0.2, -0.15) is 0 Å². The van der Waals surface area contributed by atoms with Crippen LogP contribution in [0.3, 0.4) is 0 Å². The van der Waals surface area contributed by atoms with Gasteiger partial charge in [0.15, 0.2) is 5.16 Å². The number of aromatic nitrogens is 2. The molecule has 0 aliphatic rings. The normalized spacial score (nSPS) is 11.0. The van der Waals surface area contributed by atoms with Gasteiger partial charge < -0.3 is 15.5 Å². The van der Waals surface area contributed by atoms with Crippen molar-refractivity contribution in [2.24, 2.45) is 0 Å². The van der Waals surface area contributed by atoms with E-state index in [2.05, 4.69) is 32.0 Å². The standard InChI is InChI=1S/C15H14BrN3OS/c1-20-12-2-3-13-14(7-12)19-15(18-13)21-8-9-4-10(16)6-11(17)5-9/h2-7H,8,17H2,1H3,(H,18,19). The molecular formula is C15H14BrN3OS. The molecule has 0 radical (unpaired) electrons. The van der Waals surface area contributed by atoms with Crippen molar-refractivity contribution in [1.82, 2.24) is 9.97 Å². The molecule has 0 amide bonds. The van der Waals surface area contributed by atoms with E-state index in [1.807, 2.05) is 30.3 Å². The number of methoxy groups -OCH3 is 1. The first-order chi connectivity index (χ1) is 10.1. The topological polar surface area (TPSA) is 63.9 Å². The third kappa shape index (κ3) is 3.33. The van der Waals surface area contributed by atoms with E-state index >= 15 is 0 Å². The molecule has 1 heterocycles. The Morgan fingerprint density at radius 1 is 1.29 bits per heavy atom. The van der Waals surface area contributed by atoms with Crippen molar-refractivity contribution >= 4 is 44.4 Å². The number of nitrogen functional groups attached to an aromatic ring is 1. The fraction of sp³-hybridized carbons (Fsp3) is 0.133. The minimum atomic E-state index is 0.759. The molecule has 21 heavy (non-hydrogen) atoms. The van der Waals surface area contributed by atoms with Crippen LogP contribution in [0.25, 0.3) is 11.0 Å². The van der Waals surface area contributed by atoms with Crippen molar-refractivity contribution in [3.63, 3.8) is 0 Å². The van der Waals surface area contributed by atoms with Crippen LogP contribution in [-0.4, -0.2) is 17.1 Å². The van der Waals surface area contributed by atoms with Crippen LogP contribution in [0.4, 0.5) is 5.69 Å². The highest BCUT2D eigenvalue weighted by atomic mass is 79.9. The molecule has 0 fully saturated rings. The Labute approximate surface area is 135 Å². The Morgan fingerprint density at radius 2 is 2.14 bits per heavy atom. The number of imidazole rings is 1. The maximum atomic E-state index is 5.85. The largest absolute Gasteiger partial charge is 0.497 e. The van der Waals surface area contributed by atoms with Crippen molar-refractivity contribution in [2.45, 2.75) is 10.9 Å². The number of fused-ring (bicyclic) bond motifs is 1. The number of hydrogen-bond donors (Lipinski definition) is 2. The Balaban J connectivity index is 1.78. The first-order valence-electron chi connectivity index (χ1n) is 6.35. The van der Waals surface area contributed by atoms with Crippen LogP contribution in [0.15, 0.2) is 46.0 Å². The number of rotatable bonds is 4. The monoisotopic (exact) mass is 363 g/mol. The number of thioether (sulfide) groups is 1. The zero-order chi connectivity index (χ0) is 14.8. The Hall–Kier alpha value is -1.66. The number of hydrogen-bond acceptors (Lipinski definition) is 4. The van der Waals surface area contributed by atoms with Gasteiger partial charge in [-0.3, -0.25) is 0 Å². The molecule has 0 unspecified atom stereocenters. The van der Waals surface area contributed by atoms with Gasteiger partial charge >= 0.3 is 0 Å². The zero-order valence-electron chi connectivity index (χ0n) is 11.4. The average Bonchev–Trinajstić information content (AvgIpc) is 2.85. The van der Waals surface area contributed by atoms with E-state index in [1.165, 1.54) is 0 Å². The minimum Gasteiger partial charge on any atom is -0.497 e. The van der Waals surface area contributed by atoms with E-state index in [0.29, 0.717) is 0 Å². The lowest BCUT2D eigenvalue weighted by Crippen LogP contribution is -1.88. The van der Waals surface area contributed by atoms with E-state index in [9.17, 15) is 0 Å². The number of aromatic amines is 1. The quantitative estimate of drug-likeness (QED) is 0.538.